The topological polar surface area (TPSA) is 84.1 Å². The minimum Gasteiger partial charge on any atom is -0.448 e. The van der Waals surface area contributed by atoms with Gasteiger partial charge in [-0.05, 0) is 57.5 Å². The van der Waals surface area contributed by atoms with Crippen LogP contribution in [-0.2, 0) is 14.3 Å². The molecule has 0 aliphatic carbocycles. The summed E-state index contributed by atoms with van der Waals surface area (Å²) in [6, 6.07) is 8.98. The summed E-state index contributed by atoms with van der Waals surface area (Å²) < 4.78 is 6.99. The average molecular weight is 434 g/mol. The maximum atomic E-state index is 12.3. The van der Waals surface area contributed by atoms with Gasteiger partial charge in [0.1, 0.15) is 11.6 Å². The first-order chi connectivity index (χ1) is 13.7. The average Bonchev–Trinajstić information content (AvgIpc) is 2.95. The van der Waals surface area contributed by atoms with Gasteiger partial charge < -0.3 is 14.6 Å². The number of aromatic nitrogens is 1. The number of hydrogen-bond acceptors (Lipinski definition) is 4. The summed E-state index contributed by atoms with van der Waals surface area (Å²) in [6.07, 6.45) is 0.432. The van der Waals surface area contributed by atoms with Crippen LogP contribution in [0.15, 0.2) is 29.8 Å². The Morgan fingerprint density at radius 3 is 2.66 bits per heavy atom. The molecule has 0 saturated carbocycles. The fraction of sp³-hybridized carbons (Fsp3) is 0.286. The lowest BCUT2D eigenvalue weighted by Crippen LogP contribution is -2.35. The third-order valence-corrected chi connectivity index (χ3v) is 5.10. The molecule has 1 aromatic heterocycles. The molecular weight excluding hydrogens is 413 g/mol. The Morgan fingerprint density at radius 1 is 1.34 bits per heavy atom. The third kappa shape index (κ3) is 5.00. The van der Waals surface area contributed by atoms with Crippen LogP contribution < -0.4 is 5.32 Å². The Morgan fingerprint density at radius 2 is 2.03 bits per heavy atom. The number of rotatable bonds is 6. The van der Waals surface area contributed by atoms with E-state index < -0.39 is 18.0 Å². The predicted molar refractivity (Wildman–Crippen MR) is 113 cm³/mol. The van der Waals surface area contributed by atoms with Gasteiger partial charge in [-0.25, -0.2) is 4.79 Å². The zero-order chi connectivity index (χ0) is 21.7. The normalized spacial score (nSPS) is 12.2. The molecule has 1 unspecified atom stereocenters. The molecule has 152 valence electrons. The number of esters is 1. The molecule has 2 aromatic rings. The van der Waals surface area contributed by atoms with Crippen molar-refractivity contribution in [3.63, 3.8) is 0 Å². The van der Waals surface area contributed by atoms with Crippen LogP contribution in [0.4, 0.5) is 0 Å². The van der Waals surface area contributed by atoms with E-state index >= 15 is 0 Å². The van der Waals surface area contributed by atoms with E-state index in [1.54, 1.807) is 19.1 Å². The highest BCUT2D eigenvalue weighted by Crippen LogP contribution is 2.32. The van der Waals surface area contributed by atoms with Crippen molar-refractivity contribution >= 4 is 41.2 Å². The maximum absolute atomic E-state index is 12.3. The van der Waals surface area contributed by atoms with Crippen molar-refractivity contribution in [2.45, 2.75) is 33.8 Å². The van der Waals surface area contributed by atoms with Crippen molar-refractivity contribution in [1.82, 2.24) is 9.88 Å². The molecule has 1 atom stereocenters. The number of nitrogens with one attached hydrogen (secondary N) is 1. The number of halogens is 2. The van der Waals surface area contributed by atoms with Gasteiger partial charge in [-0.2, -0.15) is 5.26 Å². The maximum Gasteiger partial charge on any atom is 0.349 e. The number of carbonyl (C=O) groups excluding carboxylic acids is 2. The van der Waals surface area contributed by atoms with E-state index in [-0.39, 0.29) is 5.57 Å². The standard InChI is InChI=1S/C21H21Cl2N3O3/c1-5-25-20(27)14(4)29-21(28)16(11-24)10-15-9-12(2)26(13(15)3)18-8-6-7-17(22)19(18)23/h6-10,14H,5H2,1-4H3,(H,25,27)/b16-10+. The molecule has 1 amide bonds. The number of hydrogen-bond donors (Lipinski definition) is 1. The summed E-state index contributed by atoms with van der Waals surface area (Å²) in [5.74, 6) is -1.29. The Hall–Kier alpha value is -2.75. The smallest absolute Gasteiger partial charge is 0.349 e. The summed E-state index contributed by atoms with van der Waals surface area (Å²) in [5.41, 5.74) is 2.75. The van der Waals surface area contributed by atoms with Gasteiger partial charge in [-0.15, -0.1) is 0 Å². The van der Waals surface area contributed by atoms with Crippen molar-refractivity contribution in [1.29, 1.82) is 5.26 Å². The Bertz CT molecular complexity index is 1020. The second-order valence-corrected chi connectivity index (χ2v) is 7.13. The van der Waals surface area contributed by atoms with Crippen molar-refractivity contribution < 1.29 is 14.3 Å². The minimum absolute atomic E-state index is 0.210. The van der Waals surface area contributed by atoms with Crippen LogP contribution in [0, 0.1) is 25.2 Å². The molecule has 8 heteroatoms. The Labute approximate surface area is 179 Å². The zero-order valence-electron chi connectivity index (χ0n) is 16.5. The lowest BCUT2D eigenvalue weighted by atomic mass is 10.1. The van der Waals surface area contributed by atoms with Gasteiger partial charge in [0, 0.05) is 17.9 Å². The summed E-state index contributed by atoms with van der Waals surface area (Å²) in [7, 11) is 0. The molecule has 0 saturated heterocycles. The molecule has 1 aromatic carbocycles. The fourth-order valence-electron chi connectivity index (χ4n) is 2.86. The molecular formula is C21H21Cl2N3O3. The van der Waals surface area contributed by atoms with Crippen LogP contribution in [0.5, 0.6) is 0 Å². The molecule has 6 nitrogen and oxygen atoms in total. The zero-order valence-corrected chi connectivity index (χ0v) is 18.1. The molecule has 0 aliphatic heterocycles. The van der Waals surface area contributed by atoms with Crippen molar-refractivity contribution in [3.8, 4) is 11.8 Å². The van der Waals surface area contributed by atoms with Crippen molar-refractivity contribution in [2.24, 2.45) is 0 Å². The minimum atomic E-state index is -1.00. The summed E-state index contributed by atoms with van der Waals surface area (Å²) in [5, 5.41) is 12.8. The third-order valence-electron chi connectivity index (χ3n) is 4.29. The van der Waals surface area contributed by atoms with Crippen LogP contribution >= 0.6 is 23.2 Å². The quantitative estimate of drug-likeness (QED) is 0.416. The number of ether oxygens (including phenoxy) is 1. The molecule has 29 heavy (non-hydrogen) atoms. The highest BCUT2D eigenvalue weighted by Gasteiger charge is 2.21. The van der Waals surface area contributed by atoms with Gasteiger partial charge >= 0.3 is 5.97 Å². The van der Waals surface area contributed by atoms with E-state index in [0.29, 0.717) is 27.8 Å². The van der Waals surface area contributed by atoms with Gasteiger partial charge in [0.2, 0.25) is 0 Å². The van der Waals surface area contributed by atoms with Gasteiger partial charge in [0.05, 0.1) is 15.7 Å². The van der Waals surface area contributed by atoms with E-state index in [1.807, 2.05) is 36.6 Å². The lowest BCUT2D eigenvalue weighted by molar-refractivity contribution is -0.150. The van der Waals surface area contributed by atoms with Crippen LogP contribution in [-0.4, -0.2) is 29.1 Å². The number of carbonyl (C=O) groups is 2. The molecule has 0 spiro atoms. The predicted octanol–water partition coefficient (Wildman–Crippen LogP) is 4.38. The number of nitriles is 1. The fourth-order valence-corrected chi connectivity index (χ4v) is 3.24. The van der Waals surface area contributed by atoms with Gasteiger partial charge in [-0.3, -0.25) is 4.79 Å². The molecule has 0 radical (unpaired) electrons. The highest BCUT2D eigenvalue weighted by molar-refractivity contribution is 6.43. The number of nitrogens with zero attached hydrogens (tertiary/aromatic N) is 2. The largest absolute Gasteiger partial charge is 0.448 e. The summed E-state index contributed by atoms with van der Waals surface area (Å²) in [6.45, 7) is 7.34. The number of aryl methyl sites for hydroxylation is 1. The monoisotopic (exact) mass is 433 g/mol. The summed E-state index contributed by atoms with van der Waals surface area (Å²) in [4.78, 5) is 24.1. The number of benzene rings is 1. The van der Waals surface area contributed by atoms with Crippen LogP contribution in [0.1, 0.15) is 30.8 Å². The first-order valence-electron chi connectivity index (χ1n) is 8.95. The van der Waals surface area contributed by atoms with Crippen LogP contribution in [0.3, 0.4) is 0 Å². The van der Waals surface area contributed by atoms with E-state index in [2.05, 4.69) is 5.32 Å². The highest BCUT2D eigenvalue weighted by atomic mass is 35.5. The Balaban J connectivity index is 2.38. The van der Waals surface area contributed by atoms with Crippen LogP contribution in [0.25, 0.3) is 11.8 Å². The second kappa shape index (κ2) is 9.64. The first-order valence-corrected chi connectivity index (χ1v) is 9.70. The number of amides is 1. The van der Waals surface area contributed by atoms with Gasteiger partial charge in [0.15, 0.2) is 6.10 Å². The first kappa shape index (κ1) is 22.5. The van der Waals surface area contributed by atoms with Crippen molar-refractivity contribution in [3.05, 3.63) is 56.8 Å². The second-order valence-electron chi connectivity index (χ2n) is 6.35. The van der Waals surface area contributed by atoms with Crippen LogP contribution in [0.2, 0.25) is 10.0 Å². The molecule has 2 rings (SSSR count). The number of likely N-dealkylation sites (N-methyl/N-ethyl adjacent to an activating group) is 1. The Kier molecular flexibility index (Phi) is 7.49. The molecule has 0 bridgehead atoms. The SMILES string of the molecule is CCNC(=O)C(C)OC(=O)/C(C#N)=C/c1cc(C)n(-c2cccc(Cl)c2Cl)c1C. The van der Waals surface area contributed by atoms with Crippen molar-refractivity contribution in [2.75, 3.05) is 6.54 Å². The molecule has 1 N–H and O–H groups in total. The molecule has 0 aliphatic rings. The molecule has 1 heterocycles. The van der Waals surface area contributed by atoms with E-state index in [9.17, 15) is 14.9 Å². The van der Waals surface area contributed by atoms with E-state index in [4.69, 9.17) is 27.9 Å². The van der Waals surface area contributed by atoms with E-state index in [1.165, 1.54) is 13.0 Å². The van der Waals surface area contributed by atoms with Gasteiger partial charge in [0.25, 0.3) is 5.91 Å². The lowest BCUT2D eigenvalue weighted by Gasteiger charge is -2.13. The molecule has 0 fully saturated rings. The summed E-state index contributed by atoms with van der Waals surface area (Å²) >= 11 is 12.5. The van der Waals surface area contributed by atoms with E-state index in [0.717, 1.165) is 11.4 Å². The van der Waals surface area contributed by atoms with Gasteiger partial charge in [-0.1, -0.05) is 29.3 Å².